The summed E-state index contributed by atoms with van der Waals surface area (Å²) < 4.78 is 4.98. The van der Waals surface area contributed by atoms with Gasteiger partial charge in [0.2, 0.25) is 0 Å². The van der Waals surface area contributed by atoms with Gasteiger partial charge in [0.1, 0.15) is 12.6 Å². The molecule has 0 saturated heterocycles. The minimum absolute atomic E-state index is 0. The Morgan fingerprint density at radius 3 is 2.48 bits per heavy atom. The van der Waals surface area contributed by atoms with Gasteiger partial charge < -0.3 is 20.9 Å². The second-order valence-corrected chi connectivity index (χ2v) is 4.38. The van der Waals surface area contributed by atoms with E-state index in [1.165, 1.54) is 0 Å². The van der Waals surface area contributed by atoms with E-state index in [1.54, 1.807) is 0 Å². The van der Waals surface area contributed by atoms with Crippen LogP contribution in [-0.4, -0.2) is 29.8 Å². The Morgan fingerprint density at radius 2 is 1.90 bits per heavy atom. The van der Waals surface area contributed by atoms with Gasteiger partial charge >= 0.3 is 12.1 Å². The number of carboxylic acids is 1. The van der Waals surface area contributed by atoms with Crippen LogP contribution in [-0.2, 0) is 16.1 Å². The first-order chi connectivity index (χ1) is 9.63. The average Bonchev–Trinajstić information content (AvgIpc) is 2.45. The highest BCUT2D eigenvalue weighted by Gasteiger charge is 2.19. The van der Waals surface area contributed by atoms with Gasteiger partial charge in [-0.25, -0.2) is 9.59 Å². The van der Waals surface area contributed by atoms with Crippen molar-refractivity contribution in [3.63, 3.8) is 0 Å². The molecule has 118 valence electrons. The number of carbonyl (C=O) groups is 2. The monoisotopic (exact) mass is 316 g/mol. The molecule has 21 heavy (non-hydrogen) atoms. The molecule has 1 amide bonds. The van der Waals surface area contributed by atoms with Crippen molar-refractivity contribution in [1.29, 1.82) is 0 Å². The van der Waals surface area contributed by atoms with Crippen molar-refractivity contribution in [2.75, 3.05) is 6.54 Å². The summed E-state index contributed by atoms with van der Waals surface area (Å²) in [5.41, 5.74) is 6.19. The summed E-state index contributed by atoms with van der Waals surface area (Å²) in [4.78, 5) is 22.5. The van der Waals surface area contributed by atoms with Crippen molar-refractivity contribution < 1.29 is 19.4 Å². The van der Waals surface area contributed by atoms with Crippen LogP contribution in [0, 0.1) is 0 Å². The predicted molar refractivity (Wildman–Crippen MR) is 81.3 cm³/mol. The molecule has 0 radical (unpaired) electrons. The first-order valence-corrected chi connectivity index (χ1v) is 6.53. The molecule has 0 saturated carbocycles. The highest BCUT2D eigenvalue weighted by Crippen LogP contribution is 2.03. The Balaban J connectivity index is 0.00000400. The van der Waals surface area contributed by atoms with Gasteiger partial charge in [-0.05, 0) is 31.4 Å². The molecule has 0 aliphatic carbocycles. The topological polar surface area (TPSA) is 102 Å². The Kier molecular flexibility index (Phi) is 10.0. The lowest BCUT2D eigenvalue weighted by Crippen LogP contribution is -2.41. The van der Waals surface area contributed by atoms with Crippen molar-refractivity contribution in [1.82, 2.24) is 5.32 Å². The van der Waals surface area contributed by atoms with Gasteiger partial charge in [0.05, 0.1) is 0 Å². The van der Waals surface area contributed by atoms with Gasteiger partial charge in [-0.3, -0.25) is 0 Å². The number of nitrogens with one attached hydrogen (secondary N) is 1. The SMILES string of the molecule is Cl.NCCCC[C@@H](NC(=O)OCc1ccccc1)C(=O)O. The Hall–Kier alpha value is -1.79. The lowest BCUT2D eigenvalue weighted by Gasteiger charge is -2.14. The number of hydrogen-bond acceptors (Lipinski definition) is 4. The molecule has 0 heterocycles. The van der Waals surface area contributed by atoms with Crippen molar-refractivity contribution in [2.45, 2.75) is 31.9 Å². The first-order valence-electron chi connectivity index (χ1n) is 6.53. The summed E-state index contributed by atoms with van der Waals surface area (Å²) >= 11 is 0. The fourth-order valence-corrected chi connectivity index (χ4v) is 1.66. The van der Waals surface area contributed by atoms with E-state index in [2.05, 4.69) is 5.32 Å². The van der Waals surface area contributed by atoms with Gasteiger partial charge in [0, 0.05) is 0 Å². The van der Waals surface area contributed by atoms with Crippen LogP contribution in [0.15, 0.2) is 30.3 Å². The molecule has 4 N–H and O–H groups in total. The third-order valence-corrected chi connectivity index (χ3v) is 2.75. The molecular weight excluding hydrogens is 296 g/mol. The van der Waals surface area contributed by atoms with Gasteiger partial charge in [-0.2, -0.15) is 0 Å². The van der Waals surface area contributed by atoms with E-state index >= 15 is 0 Å². The molecular formula is C14H21ClN2O4. The van der Waals surface area contributed by atoms with Crippen molar-refractivity contribution in [3.05, 3.63) is 35.9 Å². The smallest absolute Gasteiger partial charge is 0.408 e. The lowest BCUT2D eigenvalue weighted by atomic mass is 10.1. The molecule has 0 bridgehead atoms. The van der Waals surface area contributed by atoms with E-state index in [1.807, 2.05) is 30.3 Å². The highest BCUT2D eigenvalue weighted by atomic mass is 35.5. The van der Waals surface area contributed by atoms with E-state index in [-0.39, 0.29) is 19.0 Å². The largest absolute Gasteiger partial charge is 0.480 e. The fourth-order valence-electron chi connectivity index (χ4n) is 1.66. The zero-order valence-corrected chi connectivity index (χ0v) is 12.5. The molecule has 0 aliphatic rings. The fraction of sp³-hybridized carbons (Fsp3) is 0.429. The maximum absolute atomic E-state index is 11.5. The number of amides is 1. The molecule has 7 heteroatoms. The molecule has 1 atom stereocenters. The molecule has 0 spiro atoms. The zero-order chi connectivity index (χ0) is 14.8. The molecule has 0 unspecified atom stereocenters. The molecule has 0 aliphatic heterocycles. The van der Waals surface area contributed by atoms with E-state index in [0.29, 0.717) is 19.4 Å². The van der Waals surface area contributed by atoms with Crippen molar-refractivity contribution >= 4 is 24.5 Å². The molecule has 1 aromatic carbocycles. The number of carboxylic acid groups (broad SMARTS) is 1. The van der Waals surface area contributed by atoms with Gasteiger partial charge in [0.25, 0.3) is 0 Å². The van der Waals surface area contributed by atoms with Gasteiger partial charge in [-0.15, -0.1) is 12.4 Å². The standard InChI is InChI=1S/C14H20N2O4.ClH/c15-9-5-4-8-12(13(17)18)16-14(19)20-10-11-6-2-1-3-7-11;/h1-3,6-7,12H,4-5,8-10,15H2,(H,16,19)(H,17,18);1H/t12-;/m1./s1. The van der Waals surface area contributed by atoms with Crippen LogP contribution in [0.4, 0.5) is 4.79 Å². The van der Waals surface area contributed by atoms with Gasteiger partial charge in [-0.1, -0.05) is 30.3 Å². The summed E-state index contributed by atoms with van der Waals surface area (Å²) in [6.45, 7) is 0.618. The quantitative estimate of drug-likeness (QED) is 0.636. The molecule has 6 nitrogen and oxygen atoms in total. The number of aliphatic carboxylic acids is 1. The molecule has 1 rings (SSSR count). The summed E-state index contributed by atoms with van der Waals surface area (Å²) in [6, 6.07) is 8.24. The highest BCUT2D eigenvalue weighted by molar-refractivity contribution is 5.85. The number of carbonyl (C=O) groups excluding carboxylic acids is 1. The Morgan fingerprint density at radius 1 is 1.24 bits per heavy atom. The number of hydrogen-bond donors (Lipinski definition) is 3. The minimum atomic E-state index is -1.07. The Labute approximate surface area is 130 Å². The summed E-state index contributed by atoms with van der Waals surface area (Å²) in [5.74, 6) is -1.07. The first kappa shape index (κ1) is 19.2. The second-order valence-electron chi connectivity index (χ2n) is 4.38. The predicted octanol–water partition coefficient (Wildman–Crippen LogP) is 1.92. The number of unbranched alkanes of at least 4 members (excludes halogenated alkanes) is 1. The Bertz CT molecular complexity index is 428. The third kappa shape index (κ3) is 8.16. The van der Waals surface area contributed by atoms with Crippen LogP contribution in [0.25, 0.3) is 0 Å². The zero-order valence-electron chi connectivity index (χ0n) is 11.7. The maximum Gasteiger partial charge on any atom is 0.408 e. The average molecular weight is 317 g/mol. The number of nitrogens with two attached hydrogens (primary N) is 1. The van der Waals surface area contributed by atoms with E-state index in [4.69, 9.17) is 15.6 Å². The van der Waals surface area contributed by atoms with Crippen LogP contribution in [0.1, 0.15) is 24.8 Å². The lowest BCUT2D eigenvalue weighted by molar-refractivity contribution is -0.139. The molecule has 0 fully saturated rings. The second kappa shape index (κ2) is 10.9. The summed E-state index contributed by atoms with van der Waals surface area (Å²) in [6.07, 6.45) is 0.984. The molecule has 0 aromatic heterocycles. The van der Waals surface area contributed by atoms with Crippen molar-refractivity contribution in [2.24, 2.45) is 5.73 Å². The number of alkyl carbamates (subject to hydrolysis) is 1. The maximum atomic E-state index is 11.5. The van der Waals surface area contributed by atoms with Crippen LogP contribution >= 0.6 is 12.4 Å². The number of halogens is 1. The summed E-state index contributed by atoms with van der Waals surface area (Å²) in [5, 5.41) is 11.3. The van der Waals surface area contributed by atoms with Crippen LogP contribution < -0.4 is 11.1 Å². The van der Waals surface area contributed by atoms with E-state index in [9.17, 15) is 9.59 Å². The third-order valence-electron chi connectivity index (χ3n) is 2.75. The minimum Gasteiger partial charge on any atom is -0.480 e. The normalized spacial score (nSPS) is 11.1. The van der Waals surface area contributed by atoms with E-state index < -0.39 is 18.1 Å². The van der Waals surface area contributed by atoms with Gasteiger partial charge in [0.15, 0.2) is 0 Å². The molecule has 1 aromatic rings. The summed E-state index contributed by atoms with van der Waals surface area (Å²) in [7, 11) is 0. The van der Waals surface area contributed by atoms with Crippen LogP contribution in [0.2, 0.25) is 0 Å². The van der Waals surface area contributed by atoms with Crippen LogP contribution in [0.5, 0.6) is 0 Å². The number of benzene rings is 1. The van der Waals surface area contributed by atoms with Crippen LogP contribution in [0.3, 0.4) is 0 Å². The van der Waals surface area contributed by atoms with E-state index in [0.717, 1.165) is 12.0 Å². The number of rotatable bonds is 8. The number of ether oxygens (including phenoxy) is 1. The van der Waals surface area contributed by atoms with Crippen molar-refractivity contribution in [3.8, 4) is 0 Å².